The summed E-state index contributed by atoms with van der Waals surface area (Å²) < 4.78 is 0. The van der Waals surface area contributed by atoms with Crippen molar-refractivity contribution in [3.05, 3.63) is 29.8 Å². The van der Waals surface area contributed by atoms with Crippen molar-refractivity contribution in [3.8, 4) is 5.75 Å². The lowest BCUT2D eigenvalue weighted by molar-refractivity contribution is 0.155. The van der Waals surface area contributed by atoms with Crippen molar-refractivity contribution in [1.29, 1.82) is 0 Å². The maximum Gasteiger partial charge on any atom is 0.315 e. The smallest absolute Gasteiger partial charge is 0.315 e. The maximum atomic E-state index is 11.8. The van der Waals surface area contributed by atoms with E-state index in [0.717, 1.165) is 18.4 Å². The van der Waals surface area contributed by atoms with Gasteiger partial charge in [0.15, 0.2) is 0 Å². The van der Waals surface area contributed by atoms with Gasteiger partial charge >= 0.3 is 6.03 Å². The molecule has 2 amide bonds. The summed E-state index contributed by atoms with van der Waals surface area (Å²) in [5.74, 6) is 0.609. The van der Waals surface area contributed by atoms with Crippen LogP contribution >= 0.6 is 0 Å². The van der Waals surface area contributed by atoms with Gasteiger partial charge in [-0.25, -0.2) is 4.79 Å². The number of phenolic OH excluding ortho intramolecular Hbond substituents is 1. The molecule has 0 heterocycles. The van der Waals surface area contributed by atoms with Crippen LogP contribution in [-0.2, 0) is 6.42 Å². The Morgan fingerprint density at radius 1 is 1.45 bits per heavy atom. The van der Waals surface area contributed by atoms with Gasteiger partial charge in [0.1, 0.15) is 5.75 Å². The fourth-order valence-corrected chi connectivity index (χ4v) is 2.33. The number of hydrogen-bond acceptors (Lipinski definition) is 3. The first-order valence-corrected chi connectivity index (χ1v) is 6.98. The Hall–Kier alpha value is -1.75. The average molecular weight is 278 g/mol. The molecule has 0 bridgehead atoms. The van der Waals surface area contributed by atoms with E-state index >= 15 is 0 Å². The first kappa shape index (κ1) is 14.7. The highest BCUT2D eigenvalue weighted by Gasteiger charge is 2.42. The van der Waals surface area contributed by atoms with E-state index in [2.05, 4.69) is 10.6 Å². The van der Waals surface area contributed by atoms with Crippen LogP contribution in [0.5, 0.6) is 5.75 Å². The van der Waals surface area contributed by atoms with Gasteiger partial charge in [0.05, 0.1) is 12.1 Å². The highest BCUT2D eigenvalue weighted by atomic mass is 16.3. The topological polar surface area (TPSA) is 81.6 Å². The zero-order valence-corrected chi connectivity index (χ0v) is 11.7. The van der Waals surface area contributed by atoms with E-state index in [-0.39, 0.29) is 18.4 Å². The molecule has 0 aliphatic heterocycles. The lowest BCUT2D eigenvalue weighted by Crippen LogP contribution is -2.54. The molecule has 2 rings (SSSR count). The number of carbonyl (C=O) groups excluding carboxylic acids is 1. The second-order valence-electron chi connectivity index (χ2n) is 5.65. The number of benzene rings is 1. The van der Waals surface area contributed by atoms with Crippen LogP contribution < -0.4 is 10.6 Å². The molecule has 0 radical (unpaired) electrons. The molecule has 4 N–H and O–H groups in total. The largest absolute Gasteiger partial charge is 0.508 e. The number of carbonyl (C=O) groups is 1. The molecular weight excluding hydrogens is 256 g/mol. The molecule has 1 saturated carbocycles. The Morgan fingerprint density at radius 2 is 2.20 bits per heavy atom. The summed E-state index contributed by atoms with van der Waals surface area (Å²) in [4.78, 5) is 11.8. The van der Waals surface area contributed by atoms with E-state index in [9.17, 15) is 15.0 Å². The fraction of sp³-hybridized carbons (Fsp3) is 0.533. The molecule has 0 spiro atoms. The minimum atomic E-state index is -0.519. The summed E-state index contributed by atoms with van der Waals surface area (Å²) in [6.07, 6.45) is 2.77. The van der Waals surface area contributed by atoms with Crippen LogP contribution in [0.4, 0.5) is 4.79 Å². The number of aromatic hydroxyl groups is 1. The summed E-state index contributed by atoms with van der Waals surface area (Å²) in [7, 11) is 0. The molecule has 1 aromatic carbocycles. The average Bonchev–Trinajstić information content (AvgIpc) is 3.23. The fourth-order valence-electron chi connectivity index (χ4n) is 2.33. The number of amides is 2. The number of aliphatic hydroxyl groups excluding tert-OH is 1. The highest BCUT2D eigenvalue weighted by Crippen LogP contribution is 2.39. The van der Waals surface area contributed by atoms with Gasteiger partial charge in [0, 0.05) is 6.54 Å². The molecule has 1 aromatic rings. The van der Waals surface area contributed by atoms with Gasteiger partial charge in [0.25, 0.3) is 0 Å². The van der Waals surface area contributed by atoms with E-state index in [1.807, 2.05) is 13.0 Å². The van der Waals surface area contributed by atoms with Crippen LogP contribution in [0.25, 0.3) is 0 Å². The van der Waals surface area contributed by atoms with Crippen LogP contribution in [0.2, 0.25) is 0 Å². The second kappa shape index (κ2) is 6.13. The minimum absolute atomic E-state index is 0.0440. The van der Waals surface area contributed by atoms with Gasteiger partial charge in [-0.2, -0.15) is 0 Å². The summed E-state index contributed by atoms with van der Waals surface area (Å²) in [5, 5.41) is 24.4. The molecule has 1 fully saturated rings. The van der Waals surface area contributed by atoms with Gasteiger partial charge < -0.3 is 20.8 Å². The summed E-state index contributed by atoms with van der Waals surface area (Å²) in [5.41, 5.74) is 0.451. The lowest BCUT2D eigenvalue weighted by Gasteiger charge is -2.28. The van der Waals surface area contributed by atoms with Crippen molar-refractivity contribution in [1.82, 2.24) is 10.6 Å². The van der Waals surface area contributed by atoms with Crippen molar-refractivity contribution in [3.63, 3.8) is 0 Å². The summed E-state index contributed by atoms with van der Waals surface area (Å²) >= 11 is 0. The second-order valence-corrected chi connectivity index (χ2v) is 5.65. The number of urea groups is 1. The predicted octanol–water partition coefficient (Wildman–Crippen LogP) is 1.39. The van der Waals surface area contributed by atoms with E-state index in [4.69, 9.17) is 0 Å². The summed E-state index contributed by atoms with van der Waals surface area (Å²) in [6.45, 7) is 2.32. The van der Waals surface area contributed by atoms with Crippen molar-refractivity contribution in [2.24, 2.45) is 5.92 Å². The molecule has 5 heteroatoms. The molecular formula is C15H22N2O3. The van der Waals surface area contributed by atoms with Gasteiger partial charge in [-0.05, 0) is 49.8 Å². The van der Waals surface area contributed by atoms with Gasteiger partial charge in [-0.3, -0.25) is 0 Å². The van der Waals surface area contributed by atoms with E-state index < -0.39 is 5.54 Å². The first-order chi connectivity index (χ1) is 9.53. The van der Waals surface area contributed by atoms with E-state index in [1.165, 1.54) is 0 Å². The molecule has 0 saturated heterocycles. The number of phenols is 1. The Kier molecular flexibility index (Phi) is 4.49. The van der Waals surface area contributed by atoms with Crippen molar-refractivity contribution < 1.29 is 15.0 Å². The number of aliphatic hydroxyl groups is 1. The standard InChI is InChI=1S/C15H22N2O3/c1-15(10-18,12-5-6-12)17-14(20)16-8-7-11-3-2-4-13(19)9-11/h2-4,9,12,18-19H,5-8,10H2,1H3,(H2,16,17,20). The third-order valence-corrected chi connectivity index (χ3v) is 3.82. The molecule has 20 heavy (non-hydrogen) atoms. The van der Waals surface area contributed by atoms with E-state index in [0.29, 0.717) is 18.9 Å². The molecule has 1 aliphatic carbocycles. The molecule has 110 valence electrons. The first-order valence-electron chi connectivity index (χ1n) is 6.98. The van der Waals surface area contributed by atoms with E-state index in [1.54, 1.807) is 18.2 Å². The third kappa shape index (κ3) is 3.87. The SMILES string of the molecule is CC(CO)(NC(=O)NCCc1cccc(O)c1)C1CC1. The Labute approximate surface area is 119 Å². The van der Waals surface area contributed by atoms with Crippen LogP contribution in [-0.4, -0.2) is 34.9 Å². The molecule has 1 aliphatic rings. The zero-order valence-electron chi connectivity index (χ0n) is 11.7. The Morgan fingerprint density at radius 3 is 2.80 bits per heavy atom. The van der Waals surface area contributed by atoms with Crippen LogP contribution in [0, 0.1) is 5.92 Å². The number of rotatable bonds is 6. The predicted molar refractivity (Wildman–Crippen MR) is 76.6 cm³/mol. The lowest BCUT2D eigenvalue weighted by atomic mass is 9.97. The van der Waals surface area contributed by atoms with Gasteiger partial charge in [-0.1, -0.05) is 12.1 Å². The Bertz CT molecular complexity index is 474. The number of hydrogen-bond donors (Lipinski definition) is 4. The quantitative estimate of drug-likeness (QED) is 0.635. The zero-order chi connectivity index (χ0) is 14.6. The minimum Gasteiger partial charge on any atom is -0.508 e. The van der Waals surface area contributed by atoms with Gasteiger partial charge in [0.2, 0.25) is 0 Å². The van der Waals surface area contributed by atoms with Crippen LogP contribution in [0.15, 0.2) is 24.3 Å². The Balaban J connectivity index is 1.75. The van der Waals surface area contributed by atoms with Crippen molar-refractivity contribution in [2.75, 3.05) is 13.2 Å². The molecule has 5 nitrogen and oxygen atoms in total. The monoisotopic (exact) mass is 278 g/mol. The third-order valence-electron chi connectivity index (χ3n) is 3.82. The molecule has 1 atom stereocenters. The van der Waals surface area contributed by atoms with Crippen LogP contribution in [0.1, 0.15) is 25.3 Å². The maximum absolute atomic E-state index is 11.8. The highest BCUT2D eigenvalue weighted by molar-refractivity contribution is 5.74. The van der Waals surface area contributed by atoms with Gasteiger partial charge in [-0.15, -0.1) is 0 Å². The summed E-state index contributed by atoms with van der Waals surface area (Å²) in [6, 6.07) is 6.73. The molecule has 0 aromatic heterocycles. The van der Waals surface area contributed by atoms with Crippen molar-refractivity contribution >= 4 is 6.03 Å². The normalized spacial score (nSPS) is 17.3. The molecule has 1 unspecified atom stereocenters. The van der Waals surface area contributed by atoms with Crippen molar-refractivity contribution in [2.45, 2.75) is 31.7 Å². The van der Waals surface area contributed by atoms with Crippen LogP contribution in [0.3, 0.4) is 0 Å². The number of nitrogens with one attached hydrogen (secondary N) is 2.